The second-order valence-electron chi connectivity index (χ2n) is 5.49. The van der Waals surface area contributed by atoms with E-state index in [1.54, 1.807) is 0 Å². The molecule has 3 N–H and O–H groups in total. The predicted molar refractivity (Wildman–Crippen MR) is 77.2 cm³/mol. The molecular weight excluding hydrogens is 240 g/mol. The Bertz CT molecular complexity index is 391. The van der Waals surface area contributed by atoms with Gasteiger partial charge in [0, 0.05) is 13.1 Å². The minimum absolute atomic E-state index is 0.0530. The van der Waals surface area contributed by atoms with E-state index in [4.69, 9.17) is 10.5 Å². The first-order valence-electron chi connectivity index (χ1n) is 6.99. The number of aliphatic hydroxyl groups is 1. The summed E-state index contributed by atoms with van der Waals surface area (Å²) in [4.78, 5) is 2.31. The lowest BCUT2D eigenvalue weighted by Crippen LogP contribution is -2.37. The van der Waals surface area contributed by atoms with Crippen LogP contribution in [0.1, 0.15) is 19.3 Å². The third-order valence-corrected chi connectivity index (χ3v) is 3.64. The minimum atomic E-state index is -0.0530. The molecule has 4 nitrogen and oxygen atoms in total. The number of para-hydroxylation sites is 2. The average Bonchev–Trinajstić information content (AvgIpc) is 2.35. The maximum atomic E-state index is 9.25. The molecule has 0 aliphatic heterocycles. The summed E-state index contributed by atoms with van der Waals surface area (Å²) in [6, 6.07) is 7.58. The lowest BCUT2D eigenvalue weighted by molar-refractivity contribution is 0.0278. The van der Waals surface area contributed by atoms with Gasteiger partial charge >= 0.3 is 0 Å². The van der Waals surface area contributed by atoms with Crippen LogP contribution in [0, 0.1) is 5.92 Å². The van der Waals surface area contributed by atoms with Gasteiger partial charge in [-0.2, -0.15) is 0 Å². The first-order valence-corrected chi connectivity index (χ1v) is 6.99. The summed E-state index contributed by atoms with van der Waals surface area (Å²) in [5.74, 6) is 1.44. The Hall–Kier alpha value is -1.26. The fourth-order valence-corrected chi connectivity index (χ4v) is 2.51. The Morgan fingerprint density at radius 3 is 2.79 bits per heavy atom. The van der Waals surface area contributed by atoms with E-state index in [1.807, 2.05) is 24.3 Å². The summed E-state index contributed by atoms with van der Waals surface area (Å²) in [6.07, 6.45) is 2.85. The molecule has 1 aliphatic rings. The van der Waals surface area contributed by atoms with Crippen molar-refractivity contribution in [2.24, 2.45) is 5.92 Å². The first-order chi connectivity index (χ1) is 9.15. The van der Waals surface area contributed by atoms with Crippen molar-refractivity contribution < 1.29 is 9.84 Å². The fourth-order valence-electron chi connectivity index (χ4n) is 2.51. The Kier molecular flexibility index (Phi) is 5.05. The molecule has 0 radical (unpaired) electrons. The summed E-state index contributed by atoms with van der Waals surface area (Å²) in [7, 11) is 2.13. The number of nitrogens with two attached hydrogens (primary N) is 1. The Labute approximate surface area is 115 Å². The number of hydrogen-bond acceptors (Lipinski definition) is 4. The van der Waals surface area contributed by atoms with Gasteiger partial charge in [0.2, 0.25) is 0 Å². The molecular formula is C15H24N2O2. The first kappa shape index (κ1) is 14.2. The monoisotopic (exact) mass is 264 g/mol. The van der Waals surface area contributed by atoms with Gasteiger partial charge in [0.25, 0.3) is 0 Å². The van der Waals surface area contributed by atoms with Crippen molar-refractivity contribution >= 4 is 5.69 Å². The van der Waals surface area contributed by atoms with Crippen LogP contribution in [0.2, 0.25) is 0 Å². The summed E-state index contributed by atoms with van der Waals surface area (Å²) in [6.45, 7) is 2.77. The van der Waals surface area contributed by atoms with Crippen LogP contribution in [0.25, 0.3) is 0 Å². The van der Waals surface area contributed by atoms with E-state index in [0.717, 1.165) is 38.1 Å². The summed E-state index contributed by atoms with van der Waals surface area (Å²) < 4.78 is 5.66. The van der Waals surface area contributed by atoms with Gasteiger partial charge in [-0.1, -0.05) is 12.1 Å². The van der Waals surface area contributed by atoms with Gasteiger partial charge in [0.05, 0.1) is 18.4 Å². The van der Waals surface area contributed by atoms with Crippen molar-refractivity contribution in [3.05, 3.63) is 24.3 Å². The molecule has 1 aromatic rings. The average molecular weight is 264 g/mol. The van der Waals surface area contributed by atoms with Gasteiger partial charge in [0.15, 0.2) is 0 Å². The van der Waals surface area contributed by atoms with E-state index >= 15 is 0 Å². The van der Waals surface area contributed by atoms with E-state index in [-0.39, 0.29) is 6.10 Å². The number of anilines is 1. The molecule has 0 saturated heterocycles. The highest BCUT2D eigenvalue weighted by Gasteiger charge is 2.27. The summed E-state index contributed by atoms with van der Waals surface area (Å²) >= 11 is 0. The van der Waals surface area contributed by atoms with Gasteiger partial charge in [-0.15, -0.1) is 0 Å². The molecule has 4 heteroatoms. The van der Waals surface area contributed by atoms with Crippen LogP contribution in [0.3, 0.4) is 0 Å². The van der Waals surface area contributed by atoms with Crippen LogP contribution >= 0.6 is 0 Å². The fraction of sp³-hybridized carbons (Fsp3) is 0.600. The largest absolute Gasteiger partial charge is 0.491 e. The zero-order valence-electron chi connectivity index (χ0n) is 11.6. The van der Waals surface area contributed by atoms with E-state index in [2.05, 4.69) is 11.9 Å². The number of benzene rings is 1. The number of nitrogen functional groups attached to an aromatic ring is 1. The minimum Gasteiger partial charge on any atom is -0.491 e. The molecule has 0 heterocycles. The van der Waals surface area contributed by atoms with Gasteiger partial charge in [-0.3, -0.25) is 0 Å². The number of nitrogens with zero attached hydrogens (tertiary/aromatic N) is 1. The second-order valence-corrected chi connectivity index (χ2v) is 5.49. The highest BCUT2D eigenvalue weighted by Crippen LogP contribution is 2.27. The Balaban J connectivity index is 1.57. The molecule has 0 spiro atoms. The molecule has 1 aromatic carbocycles. The summed E-state index contributed by atoms with van der Waals surface area (Å²) in [5, 5.41) is 9.25. The molecule has 0 bridgehead atoms. The van der Waals surface area contributed by atoms with Crippen molar-refractivity contribution in [1.29, 1.82) is 0 Å². The molecule has 1 fully saturated rings. The van der Waals surface area contributed by atoms with Crippen LogP contribution in [0.15, 0.2) is 24.3 Å². The third kappa shape index (κ3) is 4.40. The van der Waals surface area contributed by atoms with E-state index in [1.165, 1.54) is 0 Å². The van der Waals surface area contributed by atoms with Crippen molar-refractivity contribution in [2.45, 2.75) is 25.4 Å². The van der Waals surface area contributed by atoms with Gasteiger partial charge in [0.1, 0.15) is 5.75 Å². The van der Waals surface area contributed by atoms with E-state index in [9.17, 15) is 5.11 Å². The van der Waals surface area contributed by atoms with Crippen LogP contribution in [0.5, 0.6) is 5.75 Å². The topological polar surface area (TPSA) is 58.7 Å². The quantitative estimate of drug-likeness (QED) is 0.582. The lowest BCUT2D eigenvalue weighted by Gasteiger charge is -2.34. The van der Waals surface area contributed by atoms with Gasteiger partial charge < -0.3 is 20.5 Å². The van der Waals surface area contributed by atoms with Crippen molar-refractivity contribution in [3.8, 4) is 5.75 Å². The van der Waals surface area contributed by atoms with Crippen LogP contribution in [-0.2, 0) is 0 Å². The van der Waals surface area contributed by atoms with Gasteiger partial charge in [-0.25, -0.2) is 0 Å². The van der Waals surface area contributed by atoms with Crippen molar-refractivity contribution in [2.75, 3.05) is 32.5 Å². The molecule has 0 atom stereocenters. The molecule has 0 aromatic heterocycles. The Morgan fingerprint density at radius 1 is 1.37 bits per heavy atom. The molecule has 1 aliphatic carbocycles. The van der Waals surface area contributed by atoms with E-state index < -0.39 is 0 Å². The third-order valence-electron chi connectivity index (χ3n) is 3.64. The molecule has 2 rings (SSSR count). The Morgan fingerprint density at radius 2 is 2.11 bits per heavy atom. The maximum Gasteiger partial charge on any atom is 0.142 e. The van der Waals surface area contributed by atoms with Crippen LogP contribution in [0.4, 0.5) is 5.69 Å². The molecule has 1 saturated carbocycles. The highest BCUT2D eigenvalue weighted by atomic mass is 16.5. The number of hydrogen-bond donors (Lipinski definition) is 2. The molecule has 0 amide bonds. The predicted octanol–water partition coefficient (Wildman–Crippen LogP) is 1.74. The van der Waals surface area contributed by atoms with Crippen molar-refractivity contribution in [1.82, 2.24) is 4.90 Å². The molecule has 0 unspecified atom stereocenters. The van der Waals surface area contributed by atoms with Gasteiger partial charge in [-0.05, 0) is 44.4 Å². The molecule has 106 valence electrons. The molecule has 19 heavy (non-hydrogen) atoms. The SMILES string of the molecule is CN(CCCOc1ccccc1N)CC1CC(O)C1. The highest BCUT2D eigenvalue weighted by molar-refractivity contribution is 5.51. The number of rotatable bonds is 7. The number of ether oxygens (including phenoxy) is 1. The normalized spacial score (nSPS) is 22.3. The lowest BCUT2D eigenvalue weighted by atomic mass is 9.82. The second kappa shape index (κ2) is 6.78. The van der Waals surface area contributed by atoms with Crippen LogP contribution in [-0.4, -0.2) is 42.9 Å². The zero-order chi connectivity index (χ0) is 13.7. The smallest absolute Gasteiger partial charge is 0.142 e. The maximum absolute atomic E-state index is 9.25. The van der Waals surface area contributed by atoms with Crippen molar-refractivity contribution in [3.63, 3.8) is 0 Å². The zero-order valence-corrected chi connectivity index (χ0v) is 11.6. The standard InChI is InChI=1S/C15H24N2O2/c1-17(11-12-9-13(18)10-12)7-4-8-19-15-6-3-2-5-14(15)16/h2-3,5-6,12-13,18H,4,7-11,16H2,1H3. The van der Waals surface area contributed by atoms with E-state index in [0.29, 0.717) is 18.2 Å². The number of aliphatic hydroxyl groups excluding tert-OH is 1. The van der Waals surface area contributed by atoms with Crippen LogP contribution < -0.4 is 10.5 Å². The summed E-state index contributed by atoms with van der Waals surface area (Å²) in [5.41, 5.74) is 6.50.